The van der Waals surface area contributed by atoms with Crippen molar-refractivity contribution in [1.29, 1.82) is 0 Å². The van der Waals surface area contributed by atoms with Crippen LogP contribution in [-0.4, -0.2) is 33.4 Å². The second-order valence-electron chi connectivity index (χ2n) is 6.02. The van der Waals surface area contributed by atoms with Crippen LogP contribution >= 0.6 is 22.7 Å². The Kier molecular flexibility index (Phi) is 4.36. The van der Waals surface area contributed by atoms with Crippen LogP contribution in [0.3, 0.4) is 0 Å². The quantitative estimate of drug-likeness (QED) is 0.733. The van der Waals surface area contributed by atoms with E-state index < -0.39 is 5.91 Å². The first kappa shape index (κ1) is 16.4. The number of piperidine rings is 1. The number of amides is 1. The number of aromatic nitrogens is 3. The minimum absolute atomic E-state index is 0.0221. The number of aryl methyl sites for hydroxylation is 1. The van der Waals surface area contributed by atoms with Gasteiger partial charge in [-0.1, -0.05) is 0 Å². The highest BCUT2D eigenvalue weighted by atomic mass is 32.1. The Balaban J connectivity index is 1.55. The molecular weight excluding hydrogens is 358 g/mol. The first-order chi connectivity index (χ1) is 12.1. The summed E-state index contributed by atoms with van der Waals surface area (Å²) in [4.78, 5) is 36.2. The van der Waals surface area contributed by atoms with Crippen molar-refractivity contribution in [3.63, 3.8) is 0 Å². The van der Waals surface area contributed by atoms with Crippen LogP contribution < -0.4 is 16.2 Å². The first-order valence-corrected chi connectivity index (χ1v) is 9.71. The van der Waals surface area contributed by atoms with Gasteiger partial charge < -0.3 is 5.32 Å². The van der Waals surface area contributed by atoms with Gasteiger partial charge in [-0.3, -0.25) is 19.3 Å². The first-order valence-electron chi connectivity index (χ1n) is 8.07. The average molecular weight is 375 g/mol. The predicted octanol–water partition coefficient (Wildman–Crippen LogP) is 2.24. The lowest BCUT2D eigenvalue weighted by Crippen LogP contribution is -2.26. The van der Waals surface area contributed by atoms with Gasteiger partial charge in [0, 0.05) is 28.3 Å². The number of fused-ring (bicyclic) bond motifs is 1. The number of carbonyl (C=O) groups excluding carboxylic acids is 1. The Hall–Kier alpha value is -2.10. The van der Waals surface area contributed by atoms with Crippen molar-refractivity contribution in [3.8, 4) is 0 Å². The Morgan fingerprint density at radius 3 is 2.88 bits per heavy atom. The van der Waals surface area contributed by atoms with Gasteiger partial charge in [-0.05, 0) is 38.8 Å². The highest BCUT2D eigenvalue weighted by Gasteiger charge is 2.20. The molecule has 1 fully saturated rings. The topological polar surface area (TPSA) is 88.4 Å². The summed E-state index contributed by atoms with van der Waals surface area (Å²) in [6.07, 6.45) is 7.02. The van der Waals surface area contributed by atoms with Crippen molar-refractivity contribution in [1.82, 2.24) is 19.7 Å². The number of nitrogens with one attached hydrogen (secondary N) is 2. The lowest BCUT2D eigenvalue weighted by atomic mass is 9.97. The molecule has 1 aliphatic heterocycles. The van der Waals surface area contributed by atoms with E-state index in [4.69, 9.17) is 0 Å². The molecule has 130 valence electrons. The minimum atomic E-state index is -0.470. The van der Waals surface area contributed by atoms with E-state index in [9.17, 15) is 9.59 Å². The summed E-state index contributed by atoms with van der Waals surface area (Å²) in [6.45, 7) is 3.91. The van der Waals surface area contributed by atoms with E-state index in [1.54, 1.807) is 6.20 Å². The molecule has 1 saturated heterocycles. The number of anilines is 1. The predicted molar refractivity (Wildman–Crippen MR) is 99.0 cm³/mol. The third-order valence-corrected chi connectivity index (χ3v) is 6.24. The molecule has 2 N–H and O–H groups in total. The van der Waals surface area contributed by atoms with Gasteiger partial charge in [-0.15, -0.1) is 22.7 Å². The van der Waals surface area contributed by atoms with Gasteiger partial charge in [-0.2, -0.15) is 0 Å². The van der Waals surface area contributed by atoms with Gasteiger partial charge in [0.2, 0.25) is 0 Å². The zero-order valence-corrected chi connectivity index (χ0v) is 15.2. The van der Waals surface area contributed by atoms with Crippen molar-refractivity contribution in [3.05, 3.63) is 44.3 Å². The molecule has 9 heteroatoms. The van der Waals surface area contributed by atoms with Gasteiger partial charge in [0.1, 0.15) is 5.56 Å². The molecule has 25 heavy (non-hydrogen) atoms. The molecule has 0 radical (unpaired) electrons. The van der Waals surface area contributed by atoms with Crippen molar-refractivity contribution >= 4 is 38.7 Å². The zero-order valence-electron chi connectivity index (χ0n) is 13.6. The summed E-state index contributed by atoms with van der Waals surface area (Å²) >= 11 is 2.89. The smallest absolute Gasteiger partial charge is 0.271 e. The van der Waals surface area contributed by atoms with E-state index in [1.165, 1.54) is 38.1 Å². The molecule has 3 aromatic heterocycles. The maximum Gasteiger partial charge on any atom is 0.271 e. The Morgan fingerprint density at radius 2 is 2.08 bits per heavy atom. The SMILES string of the molecule is Cc1cn2c(=O)c(C(=O)Nc3ncc(C4CCNCC4)s3)cnc2s1. The van der Waals surface area contributed by atoms with Gasteiger partial charge in [-0.25, -0.2) is 9.97 Å². The summed E-state index contributed by atoms with van der Waals surface area (Å²) < 4.78 is 1.41. The second-order valence-corrected chi connectivity index (χ2v) is 8.29. The molecule has 0 atom stereocenters. The van der Waals surface area contributed by atoms with Crippen molar-refractivity contribution in [2.45, 2.75) is 25.7 Å². The van der Waals surface area contributed by atoms with Crippen LogP contribution in [0, 0.1) is 6.92 Å². The largest absolute Gasteiger partial charge is 0.317 e. The molecule has 4 heterocycles. The van der Waals surface area contributed by atoms with Gasteiger partial charge in [0.15, 0.2) is 10.1 Å². The third kappa shape index (κ3) is 3.22. The third-order valence-electron chi connectivity index (χ3n) is 4.25. The molecule has 0 spiro atoms. The van der Waals surface area contributed by atoms with Gasteiger partial charge >= 0.3 is 0 Å². The van der Waals surface area contributed by atoms with Crippen molar-refractivity contribution < 1.29 is 4.79 Å². The Labute approximate surface area is 151 Å². The van der Waals surface area contributed by atoms with Crippen LogP contribution in [-0.2, 0) is 0 Å². The zero-order chi connectivity index (χ0) is 17.4. The number of nitrogens with zero attached hydrogens (tertiary/aromatic N) is 3. The van der Waals surface area contributed by atoms with E-state index in [0.29, 0.717) is 16.0 Å². The normalized spacial score (nSPS) is 15.6. The molecular formula is C16H17N5O2S2. The number of carbonyl (C=O) groups is 1. The highest BCUT2D eigenvalue weighted by molar-refractivity contribution is 7.17. The summed E-state index contributed by atoms with van der Waals surface area (Å²) in [6, 6.07) is 0. The van der Waals surface area contributed by atoms with Gasteiger partial charge in [0.05, 0.1) is 0 Å². The van der Waals surface area contributed by atoms with E-state index in [2.05, 4.69) is 20.6 Å². The Bertz CT molecular complexity index is 984. The molecule has 1 aliphatic rings. The van der Waals surface area contributed by atoms with Crippen LogP contribution in [0.25, 0.3) is 4.96 Å². The molecule has 0 bridgehead atoms. The van der Waals surface area contributed by atoms with Crippen LogP contribution in [0.1, 0.15) is 38.9 Å². The fraction of sp³-hybridized carbons (Fsp3) is 0.375. The molecule has 0 unspecified atom stereocenters. The number of hydrogen-bond donors (Lipinski definition) is 2. The lowest BCUT2D eigenvalue weighted by molar-refractivity contribution is 0.102. The van der Waals surface area contributed by atoms with E-state index in [-0.39, 0.29) is 11.1 Å². The summed E-state index contributed by atoms with van der Waals surface area (Å²) in [7, 11) is 0. The van der Waals surface area contributed by atoms with Crippen LogP contribution in [0.15, 0.2) is 23.4 Å². The molecule has 1 amide bonds. The number of thiazole rings is 2. The molecule has 7 nitrogen and oxygen atoms in total. The number of hydrogen-bond acceptors (Lipinski definition) is 7. The number of rotatable bonds is 3. The maximum atomic E-state index is 12.5. The van der Waals surface area contributed by atoms with Crippen molar-refractivity contribution in [2.24, 2.45) is 0 Å². The minimum Gasteiger partial charge on any atom is -0.317 e. The lowest BCUT2D eigenvalue weighted by Gasteiger charge is -2.20. The molecule has 0 aromatic carbocycles. The fourth-order valence-corrected chi connectivity index (χ4v) is 4.72. The highest BCUT2D eigenvalue weighted by Crippen LogP contribution is 2.31. The summed E-state index contributed by atoms with van der Waals surface area (Å²) in [5, 5.41) is 6.59. The van der Waals surface area contributed by atoms with Crippen LogP contribution in [0.2, 0.25) is 0 Å². The molecule has 0 aliphatic carbocycles. The summed E-state index contributed by atoms with van der Waals surface area (Å²) in [5.74, 6) is 0.0174. The second kappa shape index (κ2) is 6.66. The molecule has 3 aromatic rings. The van der Waals surface area contributed by atoms with E-state index >= 15 is 0 Å². The fourth-order valence-electron chi connectivity index (χ4n) is 2.96. The maximum absolute atomic E-state index is 12.5. The van der Waals surface area contributed by atoms with Crippen molar-refractivity contribution in [2.75, 3.05) is 18.4 Å². The molecule has 0 saturated carbocycles. The Morgan fingerprint density at radius 1 is 1.28 bits per heavy atom. The van der Waals surface area contributed by atoms with E-state index in [1.807, 2.05) is 13.1 Å². The molecule has 4 rings (SSSR count). The standard InChI is InChI=1S/C16H17N5O2S2/c1-9-8-21-14(23)11(6-19-16(21)24-9)13(22)20-15-18-7-12(25-15)10-2-4-17-5-3-10/h6-8,10,17H,2-5H2,1H3,(H,18,20,22). The van der Waals surface area contributed by atoms with E-state index in [0.717, 1.165) is 30.8 Å². The van der Waals surface area contributed by atoms with Gasteiger partial charge in [0.25, 0.3) is 11.5 Å². The average Bonchev–Trinajstić information content (AvgIpc) is 3.22. The summed E-state index contributed by atoms with van der Waals surface area (Å²) in [5.41, 5.74) is -0.337. The monoisotopic (exact) mass is 375 g/mol. The van der Waals surface area contributed by atoms with Crippen LogP contribution in [0.5, 0.6) is 0 Å². The van der Waals surface area contributed by atoms with Crippen LogP contribution in [0.4, 0.5) is 5.13 Å².